The van der Waals surface area contributed by atoms with E-state index in [9.17, 15) is 4.79 Å². The molecule has 0 saturated carbocycles. The van der Waals surface area contributed by atoms with E-state index in [2.05, 4.69) is 47.8 Å². The van der Waals surface area contributed by atoms with E-state index in [0.29, 0.717) is 11.7 Å². The van der Waals surface area contributed by atoms with Gasteiger partial charge in [-0.15, -0.1) is 0 Å². The Bertz CT molecular complexity index is 637. The molecular weight excluding hydrogens is 306 g/mol. The highest BCUT2D eigenvalue weighted by Gasteiger charge is 2.14. The summed E-state index contributed by atoms with van der Waals surface area (Å²) in [5, 5.41) is 3.92. The minimum Gasteiger partial charge on any atom is -0.353 e. The zero-order chi connectivity index (χ0) is 16.8. The Kier molecular flexibility index (Phi) is 6.28. The fourth-order valence-corrected chi connectivity index (χ4v) is 3.07. The number of thioether (sulfide) groups is 1. The summed E-state index contributed by atoms with van der Waals surface area (Å²) in [7, 11) is 0. The Labute approximate surface area is 142 Å². The van der Waals surface area contributed by atoms with Gasteiger partial charge >= 0.3 is 0 Å². The van der Waals surface area contributed by atoms with E-state index in [4.69, 9.17) is 0 Å². The van der Waals surface area contributed by atoms with Crippen LogP contribution in [0.4, 0.5) is 0 Å². The molecular formula is C18H25N3OS. The van der Waals surface area contributed by atoms with Crippen LogP contribution in [-0.2, 0) is 11.3 Å². The van der Waals surface area contributed by atoms with Gasteiger partial charge in [0.1, 0.15) is 0 Å². The van der Waals surface area contributed by atoms with Gasteiger partial charge in [-0.2, -0.15) is 0 Å². The second kappa shape index (κ2) is 8.20. The highest BCUT2D eigenvalue weighted by molar-refractivity contribution is 7.99. The van der Waals surface area contributed by atoms with E-state index < -0.39 is 0 Å². The summed E-state index contributed by atoms with van der Waals surface area (Å²) < 4.78 is 2.15. The lowest BCUT2D eigenvalue weighted by Crippen LogP contribution is -2.37. The molecule has 5 heteroatoms. The summed E-state index contributed by atoms with van der Waals surface area (Å²) in [5.41, 5.74) is 2.23. The van der Waals surface area contributed by atoms with E-state index in [1.54, 1.807) is 0 Å². The van der Waals surface area contributed by atoms with Crippen molar-refractivity contribution in [2.75, 3.05) is 5.75 Å². The maximum atomic E-state index is 12.0. The van der Waals surface area contributed by atoms with E-state index in [1.807, 2.05) is 31.3 Å². The first kappa shape index (κ1) is 17.6. The third-order valence-corrected chi connectivity index (χ3v) is 4.92. The Balaban J connectivity index is 2.04. The van der Waals surface area contributed by atoms with Crippen LogP contribution >= 0.6 is 11.8 Å². The van der Waals surface area contributed by atoms with E-state index in [0.717, 1.165) is 23.0 Å². The smallest absolute Gasteiger partial charge is 0.230 e. The van der Waals surface area contributed by atoms with Crippen LogP contribution in [0.5, 0.6) is 0 Å². The second-order valence-electron chi connectivity index (χ2n) is 5.93. The van der Waals surface area contributed by atoms with Crippen LogP contribution in [0.3, 0.4) is 0 Å². The highest BCUT2D eigenvalue weighted by atomic mass is 32.2. The van der Waals surface area contributed by atoms with Crippen molar-refractivity contribution < 1.29 is 4.79 Å². The number of carbonyl (C=O) groups excluding carboxylic acids is 1. The lowest BCUT2D eigenvalue weighted by molar-refractivity contribution is -0.119. The van der Waals surface area contributed by atoms with Gasteiger partial charge in [0.15, 0.2) is 5.16 Å². The average Bonchev–Trinajstić information content (AvgIpc) is 2.96. The molecule has 0 bridgehead atoms. The summed E-state index contributed by atoms with van der Waals surface area (Å²) >= 11 is 1.49. The highest BCUT2D eigenvalue weighted by Crippen LogP contribution is 2.25. The van der Waals surface area contributed by atoms with Crippen molar-refractivity contribution in [2.45, 2.75) is 45.4 Å². The van der Waals surface area contributed by atoms with Crippen LogP contribution in [-0.4, -0.2) is 27.3 Å². The van der Waals surface area contributed by atoms with Crippen LogP contribution in [0.2, 0.25) is 0 Å². The predicted molar refractivity (Wildman–Crippen MR) is 96.5 cm³/mol. The normalized spacial score (nSPS) is 12.4. The summed E-state index contributed by atoms with van der Waals surface area (Å²) in [6.45, 7) is 9.17. The number of benzene rings is 1. The van der Waals surface area contributed by atoms with Crippen molar-refractivity contribution in [3.05, 3.63) is 36.5 Å². The van der Waals surface area contributed by atoms with E-state index in [-0.39, 0.29) is 11.9 Å². The summed E-state index contributed by atoms with van der Waals surface area (Å²) in [6.07, 6.45) is 1.88. The van der Waals surface area contributed by atoms with Gasteiger partial charge in [-0.3, -0.25) is 4.79 Å². The first-order valence-electron chi connectivity index (χ1n) is 8.06. The number of hydrogen-bond acceptors (Lipinski definition) is 3. The van der Waals surface area contributed by atoms with Crippen molar-refractivity contribution in [2.24, 2.45) is 5.92 Å². The van der Waals surface area contributed by atoms with E-state index >= 15 is 0 Å². The van der Waals surface area contributed by atoms with Crippen LogP contribution in [0.25, 0.3) is 11.3 Å². The molecule has 0 saturated heterocycles. The molecule has 0 aliphatic carbocycles. The van der Waals surface area contributed by atoms with Crippen molar-refractivity contribution in [1.82, 2.24) is 14.9 Å². The van der Waals surface area contributed by atoms with Crippen LogP contribution in [0.1, 0.15) is 27.7 Å². The van der Waals surface area contributed by atoms with Gasteiger partial charge in [0, 0.05) is 12.6 Å². The molecule has 1 heterocycles. The zero-order valence-electron chi connectivity index (χ0n) is 14.2. The zero-order valence-corrected chi connectivity index (χ0v) is 15.1. The maximum Gasteiger partial charge on any atom is 0.230 e. The Morgan fingerprint density at radius 2 is 1.96 bits per heavy atom. The van der Waals surface area contributed by atoms with Crippen molar-refractivity contribution >= 4 is 17.7 Å². The number of rotatable bonds is 7. The molecule has 23 heavy (non-hydrogen) atoms. The van der Waals surface area contributed by atoms with Gasteiger partial charge in [-0.05, 0) is 25.3 Å². The lowest BCUT2D eigenvalue weighted by Gasteiger charge is -2.17. The van der Waals surface area contributed by atoms with Gasteiger partial charge in [0.25, 0.3) is 0 Å². The van der Waals surface area contributed by atoms with E-state index in [1.165, 1.54) is 11.8 Å². The first-order chi connectivity index (χ1) is 11.0. The molecule has 1 amide bonds. The fraction of sp³-hybridized carbons (Fsp3) is 0.444. The number of nitrogens with one attached hydrogen (secondary N) is 1. The molecule has 0 radical (unpaired) electrons. The quantitative estimate of drug-likeness (QED) is 0.785. The number of amides is 1. The Hall–Kier alpha value is -1.75. The largest absolute Gasteiger partial charge is 0.353 e. The molecule has 0 aliphatic rings. The monoisotopic (exact) mass is 331 g/mol. The SMILES string of the molecule is CCn1c(-c2ccccc2)cnc1SCC(=O)N[C@H](C)C(C)C. The molecule has 2 rings (SSSR count). The maximum absolute atomic E-state index is 12.0. The van der Waals surface area contributed by atoms with Crippen LogP contribution < -0.4 is 5.32 Å². The summed E-state index contributed by atoms with van der Waals surface area (Å²) in [5.74, 6) is 0.886. The first-order valence-corrected chi connectivity index (χ1v) is 9.04. The molecule has 124 valence electrons. The molecule has 1 N–H and O–H groups in total. The van der Waals surface area contributed by atoms with Crippen LogP contribution in [0, 0.1) is 5.92 Å². The van der Waals surface area contributed by atoms with Crippen molar-refractivity contribution in [3.8, 4) is 11.3 Å². The summed E-state index contributed by atoms with van der Waals surface area (Å²) in [6, 6.07) is 10.4. The molecule has 0 spiro atoms. The molecule has 0 unspecified atom stereocenters. The summed E-state index contributed by atoms with van der Waals surface area (Å²) in [4.78, 5) is 16.5. The molecule has 1 atom stereocenters. The molecule has 0 aliphatic heterocycles. The molecule has 4 nitrogen and oxygen atoms in total. The minimum atomic E-state index is 0.0584. The van der Waals surface area contributed by atoms with Gasteiger partial charge in [-0.1, -0.05) is 55.9 Å². The van der Waals surface area contributed by atoms with Gasteiger partial charge < -0.3 is 9.88 Å². The van der Waals surface area contributed by atoms with Crippen molar-refractivity contribution in [1.29, 1.82) is 0 Å². The number of imidazole rings is 1. The number of carbonyl (C=O) groups is 1. The lowest BCUT2D eigenvalue weighted by atomic mass is 10.1. The average molecular weight is 331 g/mol. The molecule has 2 aromatic rings. The fourth-order valence-electron chi connectivity index (χ4n) is 2.21. The molecule has 1 aromatic heterocycles. The number of aromatic nitrogens is 2. The second-order valence-corrected chi connectivity index (χ2v) is 6.87. The van der Waals surface area contributed by atoms with Gasteiger partial charge in [-0.25, -0.2) is 4.98 Å². The Morgan fingerprint density at radius 1 is 1.26 bits per heavy atom. The predicted octanol–water partition coefficient (Wildman–Crippen LogP) is 3.82. The Morgan fingerprint density at radius 3 is 2.57 bits per heavy atom. The van der Waals surface area contributed by atoms with Gasteiger partial charge in [0.2, 0.25) is 5.91 Å². The topological polar surface area (TPSA) is 46.9 Å². The minimum absolute atomic E-state index is 0.0584. The van der Waals surface area contributed by atoms with Crippen LogP contribution in [0.15, 0.2) is 41.7 Å². The number of nitrogens with zero attached hydrogens (tertiary/aromatic N) is 2. The molecule has 0 fully saturated rings. The standard InChI is InChI=1S/C18H25N3OS/c1-5-21-16(15-9-7-6-8-10-15)11-19-18(21)23-12-17(22)20-14(4)13(2)3/h6-11,13-14H,5,12H2,1-4H3,(H,20,22)/t14-/m1/s1. The third-order valence-electron chi connectivity index (χ3n) is 3.93. The third kappa shape index (κ3) is 4.61. The van der Waals surface area contributed by atoms with Gasteiger partial charge in [0.05, 0.1) is 17.6 Å². The molecule has 1 aromatic carbocycles. The van der Waals surface area contributed by atoms with Crippen molar-refractivity contribution in [3.63, 3.8) is 0 Å². The number of hydrogen-bond donors (Lipinski definition) is 1.